The van der Waals surface area contributed by atoms with E-state index in [0.29, 0.717) is 0 Å². The second-order valence-corrected chi connectivity index (χ2v) is 14.8. The fraction of sp³-hybridized carbons (Fsp3) is 0.636. The summed E-state index contributed by atoms with van der Waals surface area (Å²) in [5, 5.41) is 3.39. The summed E-state index contributed by atoms with van der Waals surface area (Å²) in [6, 6.07) is 0. The van der Waals surface area contributed by atoms with E-state index < -0.39 is 8.07 Å². The molecule has 4 aliphatic rings. The predicted octanol–water partition coefficient (Wildman–Crippen LogP) is 0.577. The Kier molecular flexibility index (Phi) is 7.51. The average molecular weight is 444 g/mol. The minimum Gasteiger partial charge on any atom is -1.00 e. The third-order valence-corrected chi connectivity index (χ3v) is 9.80. The van der Waals surface area contributed by atoms with Crippen LogP contribution in [-0.2, 0) is 21.7 Å². The van der Waals surface area contributed by atoms with Crippen LogP contribution in [0.4, 0.5) is 0 Å². The van der Waals surface area contributed by atoms with E-state index in [2.05, 4.69) is 80.6 Å². The number of allylic oxidation sites excluding steroid dienone is 8. The number of hydrogen-bond donors (Lipinski definition) is 0. The van der Waals surface area contributed by atoms with Crippen LogP contribution in [0.1, 0.15) is 61.8 Å². The summed E-state index contributed by atoms with van der Waals surface area (Å²) in [6.07, 6.45) is 7.60. The van der Waals surface area contributed by atoms with Gasteiger partial charge in [-0.3, -0.25) is 6.08 Å². The largest absolute Gasteiger partial charge is 3.00 e. The van der Waals surface area contributed by atoms with Gasteiger partial charge in [-0.1, -0.05) is 95.2 Å². The molecule has 0 saturated heterocycles. The third kappa shape index (κ3) is 3.57. The predicted molar refractivity (Wildman–Crippen MR) is 104 cm³/mol. The Labute approximate surface area is 189 Å². The SMILES string of the molecule is CC1=C(C2(C)[C-]=C3C(C(C)(C)C)=C2[Si]3(C)C)CC(C(C)(C)C)=C1.[Cl-].[Cl-].[Ti+3]. The molecule has 0 N–H and O–H groups in total. The normalized spacial score (nSPS) is 26.4. The first-order valence-electron chi connectivity index (χ1n) is 9.03. The second kappa shape index (κ2) is 7.38. The summed E-state index contributed by atoms with van der Waals surface area (Å²) in [6.45, 7) is 23.9. The van der Waals surface area contributed by atoms with Gasteiger partial charge in [0, 0.05) is 0 Å². The quantitative estimate of drug-likeness (QED) is 0.410. The topological polar surface area (TPSA) is 0 Å². The molecule has 4 rings (SSSR count). The zero-order chi connectivity index (χ0) is 17.6. The van der Waals surface area contributed by atoms with Crippen LogP contribution in [0, 0.1) is 22.3 Å². The Balaban J connectivity index is 0.00000208. The number of fused-ring (bicyclic) bond motifs is 1. The Bertz CT molecular complexity index is 724. The van der Waals surface area contributed by atoms with Crippen LogP contribution in [0.2, 0.25) is 13.1 Å². The molecule has 26 heavy (non-hydrogen) atoms. The second-order valence-electron chi connectivity index (χ2n) is 10.5. The van der Waals surface area contributed by atoms with Crippen LogP contribution in [0.3, 0.4) is 0 Å². The van der Waals surface area contributed by atoms with Gasteiger partial charge in [-0.25, -0.2) is 5.20 Å². The molecule has 0 aromatic carbocycles. The van der Waals surface area contributed by atoms with Crippen molar-refractivity contribution < 1.29 is 46.5 Å². The summed E-state index contributed by atoms with van der Waals surface area (Å²) >= 11 is 0. The molecule has 1 radical (unpaired) electrons. The molecular formula is C22H33Cl2SiTi. The molecule has 0 saturated carbocycles. The Morgan fingerprint density at radius 1 is 1.00 bits per heavy atom. The summed E-state index contributed by atoms with van der Waals surface area (Å²) < 4.78 is 0. The van der Waals surface area contributed by atoms with Crippen molar-refractivity contribution in [3.63, 3.8) is 0 Å². The zero-order valence-electron chi connectivity index (χ0n) is 18.0. The van der Waals surface area contributed by atoms with Crippen LogP contribution in [0.15, 0.2) is 38.8 Å². The van der Waals surface area contributed by atoms with Gasteiger partial charge in [-0.05, 0) is 18.8 Å². The van der Waals surface area contributed by atoms with Crippen LogP contribution < -0.4 is 24.8 Å². The Morgan fingerprint density at radius 2 is 1.50 bits per heavy atom. The molecule has 143 valence electrons. The van der Waals surface area contributed by atoms with Crippen molar-refractivity contribution in [2.45, 2.75) is 74.9 Å². The van der Waals surface area contributed by atoms with E-state index in [4.69, 9.17) is 0 Å². The van der Waals surface area contributed by atoms with E-state index in [0.717, 1.165) is 6.42 Å². The molecule has 0 amide bonds. The minimum atomic E-state index is -1.39. The number of rotatable bonds is 1. The molecule has 2 aliphatic carbocycles. The van der Waals surface area contributed by atoms with Crippen molar-refractivity contribution in [2.75, 3.05) is 0 Å². The van der Waals surface area contributed by atoms with Gasteiger partial charge in [0.15, 0.2) is 0 Å². The van der Waals surface area contributed by atoms with Gasteiger partial charge in [0.05, 0.1) is 8.07 Å². The maximum Gasteiger partial charge on any atom is 3.00 e. The van der Waals surface area contributed by atoms with Gasteiger partial charge < -0.3 is 24.8 Å². The van der Waals surface area contributed by atoms with Crippen molar-refractivity contribution in [3.05, 3.63) is 44.8 Å². The molecule has 1 unspecified atom stereocenters. The molecule has 0 aromatic rings. The van der Waals surface area contributed by atoms with Crippen molar-refractivity contribution in [1.29, 1.82) is 0 Å². The minimum absolute atomic E-state index is 0. The van der Waals surface area contributed by atoms with Gasteiger partial charge in [0.1, 0.15) is 0 Å². The Morgan fingerprint density at radius 3 is 1.85 bits per heavy atom. The van der Waals surface area contributed by atoms with Gasteiger partial charge in [-0.2, -0.15) is 10.8 Å². The first kappa shape index (κ1) is 26.5. The van der Waals surface area contributed by atoms with Gasteiger partial charge in [0.25, 0.3) is 0 Å². The van der Waals surface area contributed by atoms with Crippen LogP contribution in [0.25, 0.3) is 0 Å². The van der Waals surface area contributed by atoms with Crippen LogP contribution in [-0.4, -0.2) is 8.07 Å². The van der Waals surface area contributed by atoms with Gasteiger partial charge in [-0.15, -0.1) is 0 Å². The third-order valence-electron chi connectivity index (χ3n) is 6.18. The monoisotopic (exact) mass is 443 g/mol. The summed E-state index contributed by atoms with van der Waals surface area (Å²) in [7, 11) is -1.39. The summed E-state index contributed by atoms with van der Waals surface area (Å²) in [5.41, 5.74) is 6.92. The fourth-order valence-electron chi connectivity index (χ4n) is 4.98. The Hall–Kier alpha value is 0.471. The zero-order valence-corrected chi connectivity index (χ0v) is 22.1. The standard InChI is InChI=1S/C22H33Si.2ClH.Ti/c1-14-11-15(20(2,3)4)12-16(14)22(8)13-17-18(21(5,6)7)19(22)23(17,9)10;;;/h11H,12H2,1-10H3;2*1H;/q-1;;;+3/p-2. The molecule has 0 spiro atoms. The average Bonchev–Trinajstić information content (AvgIpc) is 2.93. The van der Waals surface area contributed by atoms with Gasteiger partial charge in [0.2, 0.25) is 0 Å². The summed E-state index contributed by atoms with van der Waals surface area (Å²) in [4.78, 5) is 0. The van der Waals surface area contributed by atoms with E-state index in [9.17, 15) is 0 Å². The van der Waals surface area contributed by atoms with E-state index >= 15 is 0 Å². The molecule has 0 nitrogen and oxygen atoms in total. The number of halogens is 2. The van der Waals surface area contributed by atoms with Crippen LogP contribution >= 0.6 is 0 Å². The molecule has 4 heteroatoms. The van der Waals surface area contributed by atoms with Crippen molar-refractivity contribution >= 4 is 8.07 Å². The van der Waals surface area contributed by atoms with Crippen molar-refractivity contribution in [3.8, 4) is 0 Å². The molecule has 0 fully saturated rings. The van der Waals surface area contributed by atoms with E-state index in [1.54, 1.807) is 27.1 Å². The first-order valence-corrected chi connectivity index (χ1v) is 12.0. The van der Waals surface area contributed by atoms with E-state index in [1.165, 1.54) is 5.57 Å². The molecule has 2 heterocycles. The molecular weight excluding hydrogens is 411 g/mol. The molecule has 0 aromatic heterocycles. The molecule has 2 bridgehead atoms. The number of hydrogen-bond acceptors (Lipinski definition) is 0. The summed E-state index contributed by atoms with van der Waals surface area (Å²) in [5.74, 6) is 0. The van der Waals surface area contributed by atoms with Gasteiger partial charge >= 0.3 is 21.7 Å². The first-order chi connectivity index (χ1) is 10.2. The van der Waals surface area contributed by atoms with Crippen LogP contribution in [0.5, 0.6) is 0 Å². The van der Waals surface area contributed by atoms with E-state index in [1.807, 2.05) is 0 Å². The maximum atomic E-state index is 4.01. The fourth-order valence-corrected chi connectivity index (χ4v) is 9.32. The van der Waals surface area contributed by atoms with E-state index in [-0.39, 0.29) is 62.8 Å². The molecule has 1 atom stereocenters. The smallest absolute Gasteiger partial charge is 1.00 e. The van der Waals surface area contributed by atoms with Crippen molar-refractivity contribution in [2.24, 2.45) is 16.2 Å². The maximum absolute atomic E-state index is 4.01. The molecule has 2 aliphatic heterocycles. The van der Waals surface area contributed by atoms with Crippen molar-refractivity contribution in [1.82, 2.24) is 0 Å².